The van der Waals surface area contributed by atoms with E-state index in [-0.39, 0.29) is 0 Å². The summed E-state index contributed by atoms with van der Waals surface area (Å²) >= 11 is 0. The van der Waals surface area contributed by atoms with Crippen LogP contribution in [0.1, 0.15) is 69.2 Å². The Labute approximate surface area is 162 Å². The molecular formula is C24H30N2O. The molecule has 3 nitrogen and oxygen atoms in total. The van der Waals surface area contributed by atoms with Crippen LogP contribution < -0.4 is 4.74 Å². The lowest BCUT2D eigenvalue weighted by molar-refractivity contribution is 0.303. The van der Waals surface area contributed by atoms with Crippen molar-refractivity contribution in [3.8, 4) is 5.75 Å². The lowest BCUT2D eigenvalue weighted by Gasteiger charge is -2.11. The highest BCUT2D eigenvalue weighted by Gasteiger charge is 2.29. The number of hydrogen-bond acceptors (Lipinski definition) is 2. The van der Waals surface area contributed by atoms with E-state index in [1.165, 1.54) is 36.2 Å². The van der Waals surface area contributed by atoms with Gasteiger partial charge in [-0.3, -0.25) is 0 Å². The number of ether oxygens (including phenoxy) is 1. The summed E-state index contributed by atoms with van der Waals surface area (Å²) < 4.78 is 8.38. The number of nitrogens with zero attached hydrogens (tertiary/aromatic N) is 2. The molecule has 27 heavy (non-hydrogen) atoms. The van der Waals surface area contributed by atoms with Gasteiger partial charge in [-0.1, -0.05) is 38.1 Å². The molecule has 0 spiro atoms. The van der Waals surface area contributed by atoms with Crippen LogP contribution in [0.4, 0.5) is 0 Å². The molecule has 1 aliphatic rings. The number of aromatic nitrogens is 2. The molecule has 0 N–H and O–H groups in total. The number of para-hydroxylation sites is 2. The van der Waals surface area contributed by atoms with E-state index >= 15 is 0 Å². The van der Waals surface area contributed by atoms with Gasteiger partial charge < -0.3 is 9.30 Å². The van der Waals surface area contributed by atoms with Crippen LogP contribution in [0, 0.1) is 0 Å². The topological polar surface area (TPSA) is 27.1 Å². The maximum Gasteiger partial charge on any atom is 0.119 e. The fourth-order valence-electron chi connectivity index (χ4n) is 3.67. The summed E-state index contributed by atoms with van der Waals surface area (Å²) in [5.41, 5.74) is 3.81. The second-order valence-corrected chi connectivity index (χ2v) is 7.82. The van der Waals surface area contributed by atoms with Crippen LogP contribution in [0.2, 0.25) is 0 Å². The van der Waals surface area contributed by atoms with E-state index in [1.807, 2.05) is 0 Å². The van der Waals surface area contributed by atoms with Gasteiger partial charge in [0.25, 0.3) is 0 Å². The first kappa shape index (κ1) is 18.1. The molecule has 1 saturated carbocycles. The molecule has 2 aromatic carbocycles. The largest absolute Gasteiger partial charge is 0.494 e. The second-order valence-electron chi connectivity index (χ2n) is 7.82. The first-order chi connectivity index (χ1) is 13.3. The molecule has 0 saturated heterocycles. The van der Waals surface area contributed by atoms with E-state index in [0.29, 0.717) is 11.8 Å². The van der Waals surface area contributed by atoms with Crippen molar-refractivity contribution in [3.63, 3.8) is 0 Å². The fourth-order valence-corrected chi connectivity index (χ4v) is 3.67. The lowest BCUT2D eigenvalue weighted by Crippen LogP contribution is -2.05. The summed E-state index contributed by atoms with van der Waals surface area (Å²) in [7, 11) is 0. The predicted octanol–water partition coefficient (Wildman–Crippen LogP) is 6.29. The van der Waals surface area contributed by atoms with Crippen LogP contribution in [0.25, 0.3) is 11.0 Å². The molecule has 1 aromatic heterocycles. The van der Waals surface area contributed by atoms with Gasteiger partial charge in [0.2, 0.25) is 0 Å². The maximum atomic E-state index is 5.95. The fraction of sp³-hybridized carbons (Fsp3) is 0.458. The minimum atomic E-state index is 0.615. The van der Waals surface area contributed by atoms with Gasteiger partial charge in [-0.05, 0) is 67.9 Å². The van der Waals surface area contributed by atoms with Gasteiger partial charge in [-0.25, -0.2) is 4.98 Å². The van der Waals surface area contributed by atoms with Crippen molar-refractivity contribution in [2.45, 2.75) is 64.3 Å². The Hall–Kier alpha value is -2.29. The number of hydrogen-bond donors (Lipinski definition) is 0. The molecule has 4 rings (SSSR count). The standard InChI is InChI=1S/C24H30N2O/c1-3-18(2)19-12-14-21(15-13-19)27-17-7-6-16-26-23-9-5-4-8-22(23)25-24(26)20-10-11-20/h4-5,8-9,12-15,18,20H,3,6-7,10-11,16-17H2,1-2H3. The van der Waals surface area contributed by atoms with E-state index in [0.717, 1.165) is 37.3 Å². The monoisotopic (exact) mass is 362 g/mol. The van der Waals surface area contributed by atoms with Crippen molar-refractivity contribution < 1.29 is 4.74 Å². The van der Waals surface area contributed by atoms with E-state index in [2.05, 4.69) is 66.9 Å². The van der Waals surface area contributed by atoms with Crippen molar-refractivity contribution in [2.24, 2.45) is 0 Å². The Morgan fingerprint density at radius 2 is 1.85 bits per heavy atom. The number of rotatable bonds is 9. The summed E-state index contributed by atoms with van der Waals surface area (Å²) in [5, 5.41) is 0. The first-order valence-electron chi connectivity index (χ1n) is 10.4. The minimum Gasteiger partial charge on any atom is -0.494 e. The molecular weight excluding hydrogens is 332 g/mol. The highest BCUT2D eigenvalue weighted by molar-refractivity contribution is 5.76. The van der Waals surface area contributed by atoms with Crippen LogP contribution in [-0.4, -0.2) is 16.2 Å². The second kappa shape index (κ2) is 8.16. The maximum absolute atomic E-state index is 5.95. The predicted molar refractivity (Wildman–Crippen MR) is 112 cm³/mol. The van der Waals surface area contributed by atoms with Gasteiger partial charge in [-0.15, -0.1) is 0 Å². The summed E-state index contributed by atoms with van der Waals surface area (Å²) in [4.78, 5) is 4.88. The van der Waals surface area contributed by atoms with Gasteiger partial charge in [0.05, 0.1) is 17.6 Å². The smallest absolute Gasteiger partial charge is 0.119 e. The van der Waals surface area contributed by atoms with E-state index in [1.54, 1.807) is 0 Å². The third-order valence-electron chi connectivity index (χ3n) is 5.73. The van der Waals surface area contributed by atoms with Gasteiger partial charge in [0, 0.05) is 12.5 Å². The molecule has 0 radical (unpaired) electrons. The Balaban J connectivity index is 1.29. The van der Waals surface area contributed by atoms with Crippen LogP contribution >= 0.6 is 0 Å². The van der Waals surface area contributed by atoms with Crippen molar-refractivity contribution in [1.82, 2.24) is 9.55 Å². The summed E-state index contributed by atoms with van der Waals surface area (Å²) in [5.74, 6) is 3.56. The number of fused-ring (bicyclic) bond motifs is 1. The van der Waals surface area contributed by atoms with Gasteiger partial charge in [-0.2, -0.15) is 0 Å². The van der Waals surface area contributed by atoms with Gasteiger partial charge in [0.1, 0.15) is 11.6 Å². The highest BCUT2D eigenvalue weighted by atomic mass is 16.5. The zero-order valence-electron chi connectivity index (χ0n) is 16.5. The third kappa shape index (κ3) is 4.18. The van der Waals surface area contributed by atoms with Crippen LogP contribution in [-0.2, 0) is 6.54 Å². The Bertz CT molecular complexity index is 877. The molecule has 1 atom stereocenters. The SMILES string of the molecule is CCC(C)c1ccc(OCCCCn2c(C3CC3)nc3ccccc32)cc1. The molecule has 0 aliphatic heterocycles. The minimum absolute atomic E-state index is 0.615. The van der Waals surface area contributed by atoms with E-state index < -0.39 is 0 Å². The van der Waals surface area contributed by atoms with E-state index in [9.17, 15) is 0 Å². The summed E-state index contributed by atoms with van der Waals surface area (Å²) in [6.07, 6.45) is 5.93. The Morgan fingerprint density at radius 1 is 1.07 bits per heavy atom. The number of imidazole rings is 1. The first-order valence-corrected chi connectivity index (χ1v) is 10.4. The molecule has 1 heterocycles. The zero-order valence-corrected chi connectivity index (χ0v) is 16.5. The molecule has 3 aromatic rings. The van der Waals surface area contributed by atoms with E-state index in [4.69, 9.17) is 9.72 Å². The van der Waals surface area contributed by atoms with Crippen molar-refractivity contribution in [1.29, 1.82) is 0 Å². The van der Waals surface area contributed by atoms with Crippen molar-refractivity contribution in [3.05, 3.63) is 59.9 Å². The molecule has 1 fully saturated rings. The van der Waals surface area contributed by atoms with Gasteiger partial charge in [0.15, 0.2) is 0 Å². The molecule has 3 heteroatoms. The number of benzene rings is 2. The average molecular weight is 363 g/mol. The quantitative estimate of drug-likeness (QED) is 0.418. The highest BCUT2D eigenvalue weighted by Crippen LogP contribution is 2.40. The zero-order chi connectivity index (χ0) is 18.6. The Morgan fingerprint density at radius 3 is 2.59 bits per heavy atom. The molecule has 0 amide bonds. The average Bonchev–Trinajstić information content (AvgIpc) is 3.49. The van der Waals surface area contributed by atoms with Crippen LogP contribution in [0.5, 0.6) is 5.75 Å². The summed E-state index contributed by atoms with van der Waals surface area (Å²) in [6.45, 7) is 6.30. The van der Waals surface area contributed by atoms with Crippen molar-refractivity contribution >= 4 is 11.0 Å². The van der Waals surface area contributed by atoms with Crippen LogP contribution in [0.15, 0.2) is 48.5 Å². The van der Waals surface area contributed by atoms with Gasteiger partial charge >= 0.3 is 0 Å². The molecule has 142 valence electrons. The Kier molecular flexibility index (Phi) is 5.47. The van der Waals surface area contributed by atoms with Crippen molar-refractivity contribution in [2.75, 3.05) is 6.61 Å². The van der Waals surface area contributed by atoms with Crippen LogP contribution in [0.3, 0.4) is 0 Å². The molecule has 1 aliphatic carbocycles. The number of unbranched alkanes of at least 4 members (excludes halogenated alkanes) is 1. The number of aryl methyl sites for hydroxylation is 1. The normalized spacial score (nSPS) is 15.2. The molecule has 1 unspecified atom stereocenters. The third-order valence-corrected chi connectivity index (χ3v) is 5.73. The lowest BCUT2D eigenvalue weighted by atomic mass is 9.99. The molecule has 0 bridgehead atoms. The summed E-state index contributed by atoms with van der Waals surface area (Å²) in [6, 6.07) is 17.1.